The number of aliphatic hydroxyl groups excluding tert-OH is 1. The summed E-state index contributed by atoms with van der Waals surface area (Å²) in [5, 5.41) is 11.0. The van der Waals surface area contributed by atoms with Gasteiger partial charge in [0, 0.05) is 23.1 Å². The van der Waals surface area contributed by atoms with Gasteiger partial charge >= 0.3 is 0 Å². The lowest BCUT2D eigenvalue weighted by molar-refractivity contribution is 0.203. The van der Waals surface area contributed by atoms with Gasteiger partial charge in [0.15, 0.2) is 5.65 Å². The maximum atomic E-state index is 9.93. The number of aromatic nitrogens is 3. The van der Waals surface area contributed by atoms with Gasteiger partial charge in [-0.3, -0.25) is 4.57 Å². The molecule has 4 rings (SSSR count). The van der Waals surface area contributed by atoms with Gasteiger partial charge in [-0.15, -0.1) is 0 Å². The predicted molar refractivity (Wildman–Crippen MR) is 128 cm³/mol. The highest BCUT2D eigenvalue weighted by molar-refractivity contribution is 9.10. The topological polar surface area (TPSA) is 58.5 Å². The minimum absolute atomic E-state index is 0.128. The fourth-order valence-corrected chi connectivity index (χ4v) is 5.54. The van der Waals surface area contributed by atoms with Crippen molar-refractivity contribution in [2.75, 3.05) is 24.6 Å². The van der Waals surface area contributed by atoms with Gasteiger partial charge in [0.25, 0.3) is 5.54 Å². The van der Waals surface area contributed by atoms with E-state index in [4.69, 9.17) is 16.5 Å². The normalized spacial score (nSPS) is 19.1. The standard InChI is InChI=1S/C24H28BrN5O/c1-14-10-19(25)11-15(2)21(14)30-17(4)16(3)20-22(27-18(5)28-23(20)30)29-9-7-8-24(12-29,13-31)26-6/h10-11,31H,7-9,12-13H2,1-5H3. The molecule has 31 heavy (non-hydrogen) atoms. The first-order valence-electron chi connectivity index (χ1n) is 10.6. The molecule has 0 bridgehead atoms. The van der Waals surface area contributed by atoms with Crippen molar-refractivity contribution in [3.63, 3.8) is 0 Å². The summed E-state index contributed by atoms with van der Waals surface area (Å²) in [5.74, 6) is 1.58. The molecule has 0 radical (unpaired) electrons. The molecule has 7 heteroatoms. The molecule has 1 aliphatic rings. The quantitative estimate of drug-likeness (QED) is 0.536. The smallest absolute Gasteiger partial charge is 0.272 e. The van der Waals surface area contributed by atoms with Crippen molar-refractivity contribution in [1.29, 1.82) is 0 Å². The summed E-state index contributed by atoms with van der Waals surface area (Å²) in [6.07, 6.45) is 1.57. The highest BCUT2D eigenvalue weighted by Gasteiger charge is 2.42. The van der Waals surface area contributed by atoms with Crippen molar-refractivity contribution in [2.45, 2.75) is 53.0 Å². The van der Waals surface area contributed by atoms with Crippen LogP contribution >= 0.6 is 15.9 Å². The summed E-state index contributed by atoms with van der Waals surface area (Å²) in [7, 11) is 0. The zero-order valence-corrected chi connectivity index (χ0v) is 20.3. The fraction of sp³-hybridized carbons (Fsp3) is 0.458. The Morgan fingerprint density at radius 3 is 2.45 bits per heavy atom. The van der Waals surface area contributed by atoms with E-state index >= 15 is 0 Å². The predicted octanol–water partition coefficient (Wildman–Crippen LogP) is 4.98. The average Bonchev–Trinajstić information content (AvgIpc) is 2.97. The number of anilines is 1. The highest BCUT2D eigenvalue weighted by Crippen LogP contribution is 2.38. The minimum Gasteiger partial charge on any atom is -0.388 e. The van der Waals surface area contributed by atoms with Crippen molar-refractivity contribution in [3.8, 4) is 5.69 Å². The van der Waals surface area contributed by atoms with E-state index in [2.05, 4.69) is 70.1 Å². The first-order valence-corrected chi connectivity index (χ1v) is 11.4. The molecule has 0 amide bonds. The average molecular weight is 482 g/mol. The second-order valence-electron chi connectivity index (χ2n) is 8.75. The van der Waals surface area contributed by atoms with E-state index in [1.165, 1.54) is 11.1 Å². The SMILES string of the molecule is [C-]#[N+]C1(CO)CCCN(c2nc(C)nc3c2c(C)c(C)n3-c2c(C)cc(Br)cc2C)C1. The maximum Gasteiger partial charge on any atom is 0.272 e. The highest BCUT2D eigenvalue weighted by atomic mass is 79.9. The number of fused-ring (bicyclic) bond motifs is 1. The Kier molecular flexibility index (Phi) is 5.57. The summed E-state index contributed by atoms with van der Waals surface area (Å²) in [5.41, 5.74) is 5.93. The summed E-state index contributed by atoms with van der Waals surface area (Å²) >= 11 is 3.61. The van der Waals surface area contributed by atoms with Gasteiger partial charge < -0.3 is 14.9 Å². The number of aryl methyl sites for hydroxylation is 4. The molecule has 1 aromatic carbocycles. The number of benzene rings is 1. The molecule has 0 spiro atoms. The number of halogens is 1. The summed E-state index contributed by atoms with van der Waals surface area (Å²) in [6.45, 7) is 19.3. The third-order valence-electron chi connectivity index (χ3n) is 6.51. The molecular formula is C24H28BrN5O. The van der Waals surface area contributed by atoms with E-state index in [0.717, 1.165) is 51.2 Å². The van der Waals surface area contributed by atoms with Crippen LogP contribution in [0.4, 0.5) is 5.82 Å². The third kappa shape index (κ3) is 3.52. The Morgan fingerprint density at radius 2 is 1.84 bits per heavy atom. The number of aliphatic hydroxyl groups is 1. The molecule has 3 heterocycles. The van der Waals surface area contributed by atoms with Crippen LogP contribution in [0.25, 0.3) is 21.6 Å². The van der Waals surface area contributed by atoms with Crippen LogP contribution in [0.2, 0.25) is 0 Å². The molecule has 0 aliphatic carbocycles. The zero-order valence-electron chi connectivity index (χ0n) is 18.8. The molecule has 1 N–H and O–H groups in total. The van der Waals surface area contributed by atoms with E-state index in [1.807, 2.05) is 6.92 Å². The van der Waals surface area contributed by atoms with Crippen molar-refractivity contribution >= 4 is 32.8 Å². The molecule has 0 saturated carbocycles. The number of piperidine rings is 1. The van der Waals surface area contributed by atoms with Crippen LogP contribution in [0.15, 0.2) is 16.6 Å². The first-order chi connectivity index (χ1) is 14.7. The molecule has 1 saturated heterocycles. The van der Waals surface area contributed by atoms with Gasteiger partial charge in [-0.05, 0) is 69.9 Å². The molecule has 1 unspecified atom stereocenters. The molecule has 1 atom stereocenters. The van der Waals surface area contributed by atoms with Crippen molar-refractivity contribution in [1.82, 2.24) is 14.5 Å². The minimum atomic E-state index is -0.756. The molecule has 162 valence electrons. The third-order valence-corrected chi connectivity index (χ3v) is 6.97. The first kappa shape index (κ1) is 21.8. The molecule has 1 aliphatic heterocycles. The number of nitrogens with zero attached hydrogens (tertiary/aromatic N) is 5. The molecular weight excluding hydrogens is 454 g/mol. The van der Waals surface area contributed by atoms with E-state index in [1.54, 1.807) is 0 Å². The van der Waals surface area contributed by atoms with Gasteiger partial charge in [0.05, 0.1) is 17.6 Å². The Bertz CT molecular complexity index is 1200. The van der Waals surface area contributed by atoms with E-state index in [9.17, 15) is 5.11 Å². The van der Waals surface area contributed by atoms with Crippen molar-refractivity contribution in [2.24, 2.45) is 0 Å². The largest absolute Gasteiger partial charge is 0.388 e. The van der Waals surface area contributed by atoms with E-state index < -0.39 is 5.54 Å². The van der Waals surface area contributed by atoms with Crippen molar-refractivity contribution in [3.05, 3.63) is 56.2 Å². The molecule has 3 aromatic rings. The maximum absolute atomic E-state index is 9.93. The van der Waals surface area contributed by atoms with Gasteiger partial charge in [-0.25, -0.2) is 16.5 Å². The van der Waals surface area contributed by atoms with Crippen LogP contribution in [-0.2, 0) is 0 Å². The van der Waals surface area contributed by atoms with Gasteiger partial charge in [-0.1, -0.05) is 15.9 Å². The summed E-state index contributed by atoms with van der Waals surface area (Å²) in [6, 6.07) is 4.27. The van der Waals surface area contributed by atoms with Gasteiger partial charge in [0.1, 0.15) is 18.2 Å². The summed E-state index contributed by atoms with van der Waals surface area (Å²) in [4.78, 5) is 15.7. The Balaban J connectivity index is 1.98. The lowest BCUT2D eigenvalue weighted by atomic mass is 9.90. The van der Waals surface area contributed by atoms with Crippen LogP contribution < -0.4 is 4.90 Å². The second kappa shape index (κ2) is 7.92. The fourth-order valence-electron chi connectivity index (χ4n) is 4.86. The number of hydrogen-bond acceptors (Lipinski definition) is 4. The van der Waals surface area contributed by atoms with E-state index in [-0.39, 0.29) is 6.61 Å². The molecule has 2 aromatic heterocycles. The zero-order chi connectivity index (χ0) is 22.5. The van der Waals surface area contributed by atoms with Gasteiger partial charge in [-0.2, -0.15) is 0 Å². The van der Waals surface area contributed by atoms with Crippen LogP contribution in [0.1, 0.15) is 41.1 Å². The number of hydrogen-bond donors (Lipinski definition) is 1. The molecule has 1 fully saturated rings. The van der Waals surface area contributed by atoms with Gasteiger partial charge in [0.2, 0.25) is 0 Å². The Morgan fingerprint density at radius 1 is 1.16 bits per heavy atom. The van der Waals surface area contributed by atoms with Crippen LogP contribution in [0.5, 0.6) is 0 Å². The van der Waals surface area contributed by atoms with E-state index in [0.29, 0.717) is 18.8 Å². The van der Waals surface area contributed by atoms with Crippen LogP contribution in [-0.4, -0.2) is 44.9 Å². The Hall–Kier alpha value is -2.43. The molecule has 6 nitrogen and oxygen atoms in total. The number of rotatable bonds is 3. The van der Waals surface area contributed by atoms with Crippen LogP contribution in [0, 0.1) is 41.2 Å². The van der Waals surface area contributed by atoms with Crippen LogP contribution in [0.3, 0.4) is 0 Å². The summed E-state index contributed by atoms with van der Waals surface area (Å²) < 4.78 is 3.31. The lowest BCUT2D eigenvalue weighted by Crippen LogP contribution is -2.48. The second-order valence-corrected chi connectivity index (χ2v) is 9.66. The van der Waals surface area contributed by atoms with Crippen molar-refractivity contribution < 1.29 is 5.11 Å². The Labute approximate surface area is 191 Å². The lowest BCUT2D eigenvalue weighted by Gasteiger charge is -2.35. The monoisotopic (exact) mass is 481 g/mol.